The molecule has 2 rings (SSSR count). The summed E-state index contributed by atoms with van der Waals surface area (Å²) in [6, 6.07) is 12.7. The van der Waals surface area contributed by atoms with Crippen molar-refractivity contribution in [2.75, 3.05) is 7.11 Å². The van der Waals surface area contributed by atoms with Crippen molar-refractivity contribution >= 4 is 15.9 Å². The summed E-state index contributed by atoms with van der Waals surface area (Å²) < 4.78 is 11.9. The Morgan fingerprint density at radius 1 is 1.19 bits per heavy atom. The van der Waals surface area contributed by atoms with Crippen LogP contribution in [0.15, 0.2) is 40.9 Å². The van der Waals surface area contributed by atoms with Gasteiger partial charge in [0.05, 0.1) is 18.7 Å². The van der Waals surface area contributed by atoms with Gasteiger partial charge in [0.1, 0.15) is 5.75 Å². The van der Waals surface area contributed by atoms with Crippen molar-refractivity contribution in [2.24, 2.45) is 5.73 Å². The summed E-state index contributed by atoms with van der Waals surface area (Å²) >= 11 is 3.49. The number of nitrogens with two attached hydrogens (primary N) is 1. The number of nitrogens with zero attached hydrogens (tertiary/aromatic N) is 1. The Kier molecular flexibility index (Phi) is 4.84. The van der Waals surface area contributed by atoms with E-state index in [0.29, 0.717) is 22.8 Å². The number of nitriles is 1. The molecule has 0 heterocycles. The molecule has 0 aliphatic heterocycles. The lowest BCUT2D eigenvalue weighted by Crippen LogP contribution is -2.05. The molecule has 0 saturated carbocycles. The van der Waals surface area contributed by atoms with Crippen LogP contribution in [0.5, 0.6) is 17.2 Å². The maximum atomic E-state index is 8.89. The second-order valence-electron chi connectivity index (χ2n) is 4.55. The van der Waals surface area contributed by atoms with Crippen LogP contribution in [0.2, 0.25) is 0 Å². The van der Waals surface area contributed by atoms with Gasteiger partial charge in [0.25, 0.3) is 0 Å². The topological polar surface area (TPSA) is 68.3 Å². The third kappa shape index (κ3) is 3.54. The molecule has 2 N–H and O–H groups in total. The van der Waals surface area contributed by atoms with Crippen LogP contribution < -0.4 is 15.2 Å². The molecule has 0 bridgehead atoms. The molecule has 0 spiro atoms. The van der Waals surface area contributed by atoms with E-state index in [2.05, 4.69) is 22.0 Å². The third-order valence-electron chi connectivity index (χ3n) is 2.98. The molecule has 2 aromatic rings. The highest BCUT2D eigenvalue weighted by atomic mass is 79.9. The summed E-state index contributed by atoms with van der Waals surface area (Å²) in [5, 5.41) is 8.89. The minimum absolute atomic E-state index is 0.0575. The predicted molar refractivity (Wildman–Crippen MR) is 84.5 cm³/mol. The van der Waals surface area contributed by atoms with Crippen LogP contribution in [-0.2, 0) is 0 Å². The van der Waals surface area contributed by atoms with Crippen molar-refractivity contribution < 1.29 is 9.47 Å². The summed E-state index contributed by atoms with van der Waals surface area (Å²) in [5.41, 5.74) is 7.40. The van der Waals surface area contributed by atoms with E-state index >= 15 is 0 Å². The van der Waals surface area contributed by atoms with Gasteiger partial charge >= 0.3 is 0 Å². The number of rotatable bonds is 4. The average molecular weight is 347 g/mol. The minimum atomic E-state index is -0.0575. The van der Waals surface area contributed by atoms with Crippen LogP contribution in [0.3, 0.4) is 0 Å². The number of methoxy groups -OCH3 is 1. The zero-order chi connectivity index (χ0) is 15.4. The van der Waals surface area contributed by atoms with Crippen molar-refractivity contribution in [2.45, 2.75) is 13.0 Å². The highest BCUT2D eigenvalue weighted by Crippen LogP contribution is 2.34. The van der Waals surface area contributed by atoms with Crippen LogP contribution in [-0.4, -0.2) is 7.11 Å². The third-order valence-corrected chi connectivity index (χ3v) is 3.67. The van der Waals surface area contributed by atoms with Gasteiger partial charge < -0.3 is 15.2 Å². The van der Waals surface area contributed by atoms with Gasteiger partial charge in [-0.1, -0.05) is 22.0 Å². The van der Waals surface area contributed by atoms with Gasteiger partial charge in [-0.05, 0) is 36.8 Å². The SMILES string of the molecule is COc1cc(C#N)ccc1Oc1ccc([C@H](C)N)c(Br)c1. The Labute approximate surface area is 132 Å². The Hall–Kier alpha value is -2.03. The average Bonchev–Trinajstić information content (AvgIpc) is 2.47. The van der Waals surface area contributed by atoms with Crippen LogP contribution in [0, 0.1) is 11.3 Å². The van der Waals surface area contributed by atoms with Gasteiger partial charge in [0.15, 0.2) is 11.5 Å². The Bertz CT molecular complexity index is 693. The lowest BCUT2D eigenvalue weighted by atomic mass is 10.1. The fourth-order valence-corrected chi connectivity index (χ4v) is 2.61. The summed E-state index contributed by atoms with van der Waals surface area (Å²) in [5.74, 6) is 1.73. The monoisotopic (exact) mass is 346 g/mol. The predicted octanol–water partition coefficient (Wildman–Crippen LogP) is 4.14. The zero-order valence-electron chi connectivity index (χ0n) is 11.8. The molecule has 1 atom stereocenters. The molecule has 0 saturated heterocycles. The largest absolute Gasteiger partial charge is 0.493 e. The van der Waals surface area contributed by atoms with Crippen LogP contribution in [0.4, 0.5) is 0 Å². The molecule has 0 aromatic heterocycles. The van der Waals surface area contributed by atoms with Gasteiger partial charge in [0, 0.05) is 16.6 Å². The highest BCUT2D eigenvalue weighted by molar-refractivity contribution is 9.10. The first kappa shape index (κ1) is 15.4. The first-order valence-corrected chi connectivity index (χ1v) is 7.15. The first-order chi connectivity index (χ1) is 10.0. The molecule has 2 aromatic carbocycles. The van der Waals surface area contributed by atoms with Crippen LogP contribution >= 0.6 is 15.9 Å². The number of hydrogen-bond donors (Lipinski definition) is 1. The van der Waals surface area contributed by atoms with Crippen LogP contribution in [0.1, 0.15) is 24.1 Å². The Morgan fingerprint density at radius 2 is 1.95 bits per heavy atom. The highest BCUT2D eigenvalue weighted by Gasteiger charge is 2.10. The summed E-state index contributed by atoms with van der Waals surface area (Å²) in [6.07, 6.45) is 0. The molecular formula is C16H15BrN2O2. The normalized spacial score (nSPS) is 11.6. The molecule has 5 heteroatoms. The minimum Gasteiger partial charge on any atom is -0.493 e. The molecule has 0 aliphatic rings. The molecule has 108 valence electrons. The van der Waals surface area contributed by atoms with Gasteiger partial charge in [-0.3, -0.25) is 0 Å². The van der Waals surface area contributed by atoms with Crippen molar-refractivity contribution in [1.29, 1.82) is 5.26 Å². The second-order valence-corrected chi connectivity index (χ2v) is 5.41. The van der Waals surface area contributed by atoms with Gasteiger partial charge in [-0.25, -0.2) is 0 Å². The quantitative estimate of drug-likeness (QED) is 0.902. The number of halogens is 1. The first-order valence-electron chi connectivity index (χ1n) is 6.36. The van der Waals surface area contributed by atoms with Gasteiger partial charge in [0.2, 0.25) is 0 Å². The zero-order valence-corrected chi connectivity index (χ0v) is 13.3. The molecule has 0 unspecified atom stereocenters. The van der Waals surface area contributed by atoms with E-state index in [1.54, 1.807) is 25.3 Å². The summed E-state index contributed by atoms with van der Waals surface area (Å²) in [6.45, 7) is 1.92. The van der Waals surface area contributed by atoms with E-state index < -0.39 is 0 Å². The molecule has 0 radical (unpaired) electrons. The molecule has 21 heavy (non-hydrogen) atoms. The maximum absolute atomic E-state index is 8.89. The second kappa shape index (κ2) is 6.61. The molecule has 0 amide bonds. The number of ether oxygens (including phenoxy) is 2. The standard InChI is InChI=1S/C16H15BrN2O2/c1-10(19)13-5-4-12(8-14(13)17)21-15-6-3-11(9-18)7-16(15)20-2/h3-8,10H,19H2,1-2H3/t10-/m0/s1. The molecule has 0 fully saturated rings. The fraction of sp³-hybridized carbons (Fsp3) is 0.188. The lowest BCUT2D eigenvalue weighted by Gasteiger charge is -2.13. The van der Waals surface area contributed by atoms with Gasteiger partial charge in [-0.2, -0.15) is 5.26 Å². The number of hydrogen-bond acceptors (Lipinski definition) is 4. The van der Waals surface area contributed by atoms with Crippen molar-refractivity contribution in [3.8, 4) is 23.3 Å². The Balaban J connectivity index is 2.30. The Morgan fingerprint density at radius 3 is 2.52 bits per heavy atom. The van der Waals surface area contributed by atoms with E-state index in [4.69, 9.17) is 20.5 Å². The maximum Gasteiger partial charge on any atom is 0.169 e. The number of benzene rings is 2. The lowest BCUT2D eigenvalue weighted by molar-refractivity contribution is 0.378. The van der Waals surface area contributed by atoms with Gasteiger partial charge in [-0.15, -0.1) is 0 Å². The van der Waals surface area contributed by atoms with E-state index in [-0.39, 0.29) is 6.04 Å². The van der Waals surface area contributed by atoms with Crippen LogP contribution in [0.25, 0.3) is 0 Å². The molecular weight excluding hydrogens is 332 g/mol. The van der Waals surface area contributed by atoms with E-state index in [9.17, 15) is 0 Å². The van der Waals surface area contributed by atoms with Crippen molar-refractivity contribution in [1.82, 2.24) is 0 Å². The molecule has 0 aliphatic carbocycles. The van der Waals surface area contributed by atoms with E-state index in [1.165, 1.54) is 0 Å². The summed E-state index contributed by atoms with van der Waals surface area (Å²) in [4.78, 5) is 0. The smallest absolute Gasteiger partial charge is 0.169 e. The summed E-state index contributed by atoms with van der Waals surface area (Å²) in [7, 11) is 1.54. The van der Waals surface area contributed by atoms with Crippen molar-refractivity contribution in [3.63, 3.8) is 0 Å². The van der Waals surface area contributed by atoms with E-state index in [0.717, 1.165) is 10.0 Å². The fourth-order valence-electron chi connectivity index (χ4n) is 1.89. The van der Waals surface area contributed by atoms with Crippen molar-refractivity contribution in [3.05, 3.63) is 52.0 Å². The van der Waals surface area contributed by atoms with E-state index in [1.807, 2.05) is 25.1 Å². The molecule has 4 nitrogen and oxygen atoms in total.